The zero-order valence-electron chi connectivity index (χ0n) is 9.36. The zero-order chi connectivity index (χ0) is 12.2. The molecule has 0 aliphatic carbocycles. The van der Waals surface area contributed by atoms with Gasteiger partial charge in [-0.2, -0.15) is 0 Å². The van der Waals surface area contributed by atoms with Crippen LogP contribution in [0.15, 0.2) is 0 Å². The summed E-state index contributed by atoms with van der Waals surface area (Å²) in [5.74, 6) is -1.43. The largest absolute Gasteiger partial charge is 0.480 e. The molecule has 0 aromatic rings. The van der Waals surface area contributed by atoms with E-state index in [1.807, 2.05) is 0 Å². The van der Waals surface area contributed by atoms with E-state index < -0.39 is 23.5 Å². The Labute approximate surface area is 94.1 Å². The van der Waals surface area contributed by atoms with Crippen molar-refractivity contribution in [2.75, 3.05) is 13.2 Å². The van der Waals surface area contributed by atoms with Crippen molar-refractivity contribution in [3.63, 3.8) is 0 Å². The van der Waals surface area contributed by atoms with Gasteiger partial charge < -0.3 is 20.9 Å². The molecular weight excluding hydrogens is 212 g/mol. The third-order valence-electron chi connectivity index (χ3n) is 2.89. The monoisotopic (exact) mass is 230 g/mol. The highest BCUT2D eigenvalue weighted by Crippen LogP contribution is 2.21. The lowest BCUT2D eigenvalue weighted by Crippen LogP contribution is -2.60. The highest BCUT2D eigenvalue weighted by molar-refractivity contribution is 5.89. The van der Waals surface area contributed by atoms with Gasteiger partial charge in [0.15, 0.2) is 0 Å². The summed E-state index contributed by atoms with van der Waals surface area (Å²) < 4.78 is 5.10. The van der Waals surface area contributed by atoms with Crippen molar-refractivity contribution in [1.82, 2.24) is 5.32 Å². The van der Waals surface area contributed by atoms with Crippen LogP contribution < -0.4 is 11.1 Å². The van der Waals surface area contributed by atoms with Crippen molar-refractivity contribution in [2.24, 2.45) is 5.73 Å². The molecule has 0 bridgehead atoms. The van der Waals surface area contributed by atoms with Gasteiger partial charge in [0.1, 0.15) is 5.54 Å². The molecule has 1 rings (SSSR count). The number of carboxylic acid groups (broad SMARTS) is 1. The van der Waals surface area contributed by atoms with Crippen LogP contribution in [-0.4, -0.2) is 41.8 Å². The topological polar surface area (TPSA) is 102 Å². The fourth-order valence-corrected chi connectivity index (χ4v) is 1.63. The predicted molar refractivity (Wildman–Crippen MR) is 56.8 cm³/mol. The van der Waals surface area contributed by atoms with E-state index in [-0.39, 0.29) is 12.8 Å². The van der Waals surface area contributed by atoms with Gasteiger partial charge in [0.25, 0.3) is 0 Å². The van der Waals surface area contributed by atoms with Crippen molar-refractivity contribution >= 4 is 11.9 Å². The lowest BCUT2D eigenvalue weighted by Gasteiger charge is -2.34. The van der Waals surface area contributed by atoms with Crippen LogP contribution in [0.2, 0.25) is 0 Å². The second kappa shape index (κ2) is 5.27. The Hall–Kier alpha value is -1.14. The molecule has 6 nitrogen and oxygen atoms in total. The fourth-order valence-electron chi connectivity index (χ4n) is 1.63. The van der Waals surface area contributed by atoms with Gasteiger partial charge in [-0.3, -0.25) is 4.79 Å². The molecule has 4 N–H and O–H groups in total. The van der Waals surface area contributed by atoms with Crippen LogP contribution in [0.4, 0.5) is 0 Å². The maximum absolute atomic E-state index is 11.6. The number of rotatable bonds is 4. The van der Waals surface area contributed by atoms with E-state index in [1.54, 1.807) is 6.92 Å². The molecule has 0 spiro atoms. The SMILES string of the molecule is CCC(N)C(=O)NC1(C(=O)O)CCOCC1. The van der Waals surface area contributed by atoms with Crippen molar-refractivity contribution in [3.05, 3.63) is 0 Å². The lowest BCUT2D eigenvalue weighted by molar-refractivity contribution is -0.152. The second-order valence-electron chi connectivity index (χ2n) is 4.00. The van der Waals surface area contributed by atoms with Gasteiger partial charge in [-0.1, -0.05) is 6.92 Å². The number of hydrogen-bond acceptors (Lipinski definition) is 4. The molecule has 0 aromatic carbocycles. The Morgan fingerprint density at radius 1 is 1.50 bits per heavy atom. The molecular formula is C10H18N2O4. The minimum Gasteiger partial charge on any atom is -0.480 e. The molecule has 1 saturated heterocycles. The van der Waals surface area contributed by atoms with E-state index >= 15 is 0 Å². The molecule has 0 radical (unpaired) electrons. The smallest absolute Gasteiger partial charge is 0.329 e. The fraction of sp³-hybridized carbons (Fsp3) is 0.800. The number of aliphatic carboxylic acids is 1. The molecule has 1 atom stereocenters. The molecule has 92 valence electrons. The molecule has 6 heteroatoms. The van der Waals surface area contributed by atoms with Crippen LogP contribution in [-0.2, 0) is 14.3 Å². The molecule has 1 aliphatic heterocycles. The zero-order valence-corrected chi connectivity index (χ0v) is 9.36. The summed E-state index contributed by atoms with van der Waals surface area (Å²) in [6, 6.07) is -0.654. The first-order valence-corrected chi connectivity index (χ1v) is 5.40. The predicted octanol–water partition coefficient (Wildman–Crippen LogP) is -0.526. The van der Waals surface area contributed by atoms with Gasteiger partial charge in [-0.05, 0) is 6.42 Å². The van der Waals surface area contributed by atoms with Gasteiger partial charge in [0, 0.05) is 26.1 Å². The summed E-state index contributed by atoms with van der Waals surface area (Å²) in [5.41, 5.74) is 4.35. The Morgan fingerprint density at radius 2 is 2.06 bits per heavy atom. The second-order valence-corrected chi connectivity index (χ2v) is 4.00. The minimum absolute atomic E-state index is 0.282. The van der Waals surface area contributed by atoms with E-state index in [0.717, 1.165) is 0 Å². The van der Waals surface area contributed by atoms with Crippen LogP contribution in [0.5, 0.6) is 0 Å². The normalized spacial score (nSPS) is 21.1. The van der Waals surface area contributed by atoms with Gasteiger partial charge in [-0.15, -0.1) is 0 Å². The molecule has 1 aliphatic rings. The summed E-state index contributed by atoms with van der Waals surface area (Å²) in [6.07, 6.45) is 1.05. The van der Waals surface area contributed by atoms with E-state index in [1.165, 1.54) is 0 Å². The first-order valence-electron chi connectivity index (χ1n) is 5.40. The third kappa shape index (κ3) is 2.70. The number of hydrogen-bond donors (Lipinski definition) is 3. The number of carboxylic acids is 1. The molecule has 1 unspecified atom stereocenters. The van der Waals surface area contributed by atoms with E-state index in [9.17, 15) is 14.7 Å². The Balaban J connectivity index is 2.71. The number of nitrogens with one attached hydrogen (secondary N) is 1. The number of amides is 1. The van der Waals surface area contributed by atoms with E-state index in [2.05, 4.69) is 5.32 Å². The number of ether oxygens (including phenoxy) is 1. The number of nitrogens with two attached hydrogens (primary N) is 1. The first-order chi connectivity index (χ1) is 7.52. The van der Waals surface area contributed by atoms with Crippen LogP contribution in [0.1, 0.15) is 26.2 Å². The average Bonchev–Trinajstić information content (AvgIpc) is 2.28. The molecule has 0 aromatic heterocycles. The molecule has 16 heavy (non-hydrogen) atoms. The van der Waals surface area contributed by atoms with Gasteiger partial charge in [-0.25, -0.2) is 4.79 Å². The summed E-state index contributed by atoms with van der Waals surface area (Å²) in [7, 11) is 0. The minimum atomic E-state index is -1.21. The summed E-state index contributed by atoms with van der Waals surface area (Å²) in [4.78, 5) is 22.8. The van der Waals surface area contributed by atoms with Crippen LogP contribution in [0.25, 0.3) is 0 Å². The average molecular weight is 230 g/mol. The molecule has 1 fully saturated rings. The summed E-state index contributed by atoms with van der Waals surface area (Å²) in [5, 5.41) is 11.7. The van der Waals surface area contributed by atoms with Gasteiger partial charge in [0.05, 0.1) is 6.04 Å². The highest BCUT2D eigenvalue weighted by Gasteiger charge is 2.42. The Kier molecular flexibility index (Phi) is 4.26. The van der Waals surface area contributed by atoms with Gasteiger partial charge in [0.2, 0.25) is 5.91 Å². The van der Waals surface area contributed by atoms with Crippen LogP contribution in [0, 0.1) is 0 Å². The highest BCUT2D eigenvalue weighted by atomic mass is 16.5. The molecule has 1 amide bonds. The molecule has 0 saturated carbocycles. The van der Waals surface area contributed by atoms with Crippen LogP contribution >= 0.6 is 0 Å². The maximum atomic E-state index is 11.6. The standard InChI is InChI=1S/C10H18N2O4/c1-2-7(11)8(13)12-10(9(14)15)3-5-16-6-4-10/h7H,2-6,11H2,1H3,(H,12,13)(H,14,15). The Morgan fingerprint density at radius 3 is 2.50 bits per heavy atom. The van der Waals surface area contributed by atoms with Crippen molar-refractivity contribution in [1.29, 1.82) is 0 Å². The van der Waals surface area contributed by atoms with Crippen LogP contribution in [0.3, 0.4) is 0 Å². The van der Waals surface area contributed by atoms with E-state index in [0.29, 0.717) is 19.6 Å². The summed E-state index contributed by atoms with van der Waals surface area (Å²) >= 11 is 0. The number of carbonyl (C=O) groups is 2. The van der Waals surface area contributed by atoms with Crippen molar-refractivity contribution in [3.8, 4) is 0 Å². The summed E-state index contributed by atoms with van der Waals surface area (Å²) in [6.45, 7) is 2.46. The van der Waals surface area contributed by atoms with Crippen molar-refractivity contribution < 1.29 is 19.4 Å². The maximum Gasteiger partial charge on any atom is 0.329 e. The number of carbonyl (C=O) groups excluding carboxylic acids is 1. The first kappa shape index (κ1) is 12.9. The van der Waals surface area contributed by atoms with E-state index in [4.69, 9.17) is 10.5 Å². The third-order valence-corrected chi connectivity index (χ3v) is 2.89. The van der Waals surface area contributed by atoms with Gasteiger partial charge >= 0.3 is 5.97 Å². The van der Waals surface area contributed by atoms with Crippen molar-refractivity contribution in [2.45, 2.75) is 37.8 Å². The Bertz CT molecular complexity index is 274. The lowest BCUT2D eigenvalue weighted by atomic mass is 9.89. The quantitative estimate of drug-likeness (QED) is 0.603. The molecule has 1 heterocycles.